The van der Waals surface area contributed by atoms with Gasteiger partial charge in [0.2, 0.25) is 20.0 Å². The molecule has 2 aromatic carbocycles. The predicted octanol–water partition coefficient (Wildman–Crippen LogP) is 1.37. The molecule has 2 aromatic rings. The van der Waals surface area contributed by atoms with E-state index in [9.17, 15) is 26.0 Å². The molecule has 2 fully saturated rings. The zero-order valence-corrected chi connectivity index (χ0v) is 20.7. The number of benzene rings is 2. The van der Waals surface area contributed by atoms with Crippen LogP contribution < -0.4 is 11.1 Å². The molecule has 190 valence electrons. The number of nitrogens with one attached hydrogen (secondary N) is 1. The van der Waals surface area contributed by atoms with Gasteiger partial charge in [0.15, 0.2) is 6.17 Å². The Hall–Kier alpha value is -2.38. The molecular weight excluding hydrogens is 495 g/mol. The van der Waals surface area contributed by atoms with E-state index in [2.05, 4.69) is 5.32 Å². The SMILES string of the molecule is NC1CCC(NC(=O)C2N(S(=O)(=O)Cc3ccccc3)CCN2S(=O)(=O)c2ccc(F)cc2)CC1. The number of amides is 1. The van der Waals surface area contributed by atoms with Crippen molar-refractivity contribution in [1.29, 1.82) is 0 Å². The van der Waals surface area contributed by atoms with Crippen molar-refractivity contribution in [2.45, 2.75) is 54.6 Å². The van der Waals surface area contributed by atoms with Gasteiger partial charge in [0.05, 0.1) is 10.6 Å². The van der Waals surface area contributed by atoms with E-state index in [1.54, 1.807) is 30.3 Å². The summed E-state index contributed by atoms with van der Waals surface area (Å²) in [6.45, 7) is -0.384. The summed E-state index contributed by atoms with van der Waals surface area (Å²) in [6.07, 6.45) is 1.09. The van der Waals surface area contributed by atoms with E-state index in [0.29, 0.717) is 31.2 Å². The van der Waals surface area contributed by atoms with Crippen LogP contribution in [-0.4, -0.2) is 62.7 Å². The zero-order valence-electron chi connectivity index (χ0n) is 19.1. The molecule has 0 bridgehead atoms. The van der Waals surface area contributed by atoms with E-state index in [-0.39, 0.29) is 35.8 Å². The van der Waals surface area contributed by atoms with Gasteiger partial charge in [-0.25, -0.2) is 21.2 Å². The number of halogens is 1. The molecule has 1 unspecified atom stereocenters. The minimum Gasteiger partial charge on any atom is -0.351 e. The van der Waals surface area contributed by atoms with Crippen LogP contribution in [0.2, 0.25) is 0 Å². The van der Waals surface area contributed by atoms with Crippen LogP contribution in [-0.2, 0) is 30.6 Å². The topological polar surface area (TPSA) is 130 Å². The summed E-state index contributed by atoms with van der Waals surface area (Å²) in [4.78, 5) is 13.2. The zero-order chi connectivity index (χ0) is 25.2. The van der Waals surface area contributed by atoms with Gasteiger partial charge in [0.25, 0.3) is 5.91 Å². The van der Waals surface area contributed by atoms with Crippen LogP contribution in [0.4, 0.5) is 4.39 Å². The summed E-state index contributed by atoms with van der Waals surface area (Å²) in [6, 6.07) is 12.5. The predicted molar refractivity (Wildman–Crippen MR) is 128 cm³/mol. The molecule has 0 spiro atoms. The maximum atomic E-state index is 13.4. The maximum Gasteiger partial charge on any atom is 0.254 e. The van der Waals surface area contributed by atoms with Crippen molar-refractivity contribution in [2.24, 2.45) is 5.73 Å². The summed E-state index contributed by atoms with van der Waals surface area (Å²) in [7, 11) is -8.34. The molecule has 3 N–H and O–H groups in total. The van der Waals surface area contributed by atoms with Gasteiger partial charge in [-0.1, -0.05) is 30.3 Å². The van der Waals surface area contributed by atoms with Crippen LogP contribution >= 0.6 is 0 Å². The van der Waals surface area contributed by atoms with Crippen molar-refractivity contribution in [3.05, 3.63) is 66.0 Å². The second-order valence-electron chi connectivity index (χ2n) is 8.92. The fourth-order valence-electron chi connectivity index (χ4n) is 4.54. The lowest BCUT2D eigenvalue weighted by molar-refractivity contribution is -0.127. The number of sulfonamides is 2. The molecule has 0 aromatic heterocycles. The lowest BCUT2D eigenvalue weighted by Crippen LogP contribution is -2.56. The average molecular weight is 525 g/mol. The van der Waals surface area contributed by atoms with Crippen LogP contribution in [0.5, 0.6) is 0 Å². The third-order valence-corrected chi connectivity index (χ3v) is 10.1. The Bertz CT molecular complexity index is 1250. The lowest BCUT2D eigenvalue weighted by Gasteiger charge is -2.32. The molecular formula is C23H29FN4O5S2. The molecule has 2 aliphatic rings. The molecule has 0 radical (unpaired) electrons. The minimum absolute atomic E-state index is 0.0488. The first-order chi connectivity index (χ1) is 16.6. The van der Waals surface area contributed by atoms with Crippen LogP contribution in [0.3, 0.4) is 0 Å². The van der Waals surface area contributed by atoms with Gasteiger partial charge in [0.1, 0.15) is 5.82 Å². The Labute approximate surface area is 205 Å². The number of rotatable bonds is 7. The summed E-state index contributed by atoms with van der Waals surface area (Å²) in [5, 5.41) is 2.84. The number of carbonyl (C=O) groups is 1. The summed E-state index contributed by atoms with van der Waals surface area (Å²) in [5.74, 6) is -1.69. The van der Waals surface area contributed by atoms with E-state index >= 15 is 0 Å². The molecule has 12 heteroatoms. The second-order valence-corrected chi connectivity index (χ2v) is 12.7. The van der Waals surface area contributed by atoms with E-state index in [4.69, 9.17) is 5.73 Å². The van der Waals surface area contributed by atoms with Gasteiger partial charge in [-0.3, -0.25) is 4.79 Å². The molecule has 1 heterocycles. The molecule has 9 nitrogen and oxygen atoms in total. The average Bonchev–Trinajstić information content (AvgIpc) is 3.29. The van der Waals surface area contributed by atoms with Gasteiger partial charge < -0.3 is 11.1 Å². The highest BCUT2D eigenvalue weighted by atomic mass is 32.2. The van der Waals surface area contributed by atoms with E-state index in [0.717, 1.165) is 32.9 Å². The highest BCUT2D eigenvalue weighted by molar-refractivity contribution is 7.89. The smallest absolute Gasteiger partial charge is 0.254 e. The van der Waals surface area contributed by atoms with Gasteiger partial charge in [0, 0.05) is 25.2 Å². The van der Waals surface area contributed by atoms with Crippen molar-refractivity contribution in [3.8, 4) is 0 Å². The standard InChI is InChI=1S/C23H29FN4O5S2/c24-18-6-12-21(13-7-18)35(32,33)28-15-14-27(34(30,31)16-17-4-2-1-3-5-17)23(28)22(29)26-20-10-8-19(25)9-11-20/h1-7,12-13,19-20,23H,8-11,14-16,25H2,(H,26,29). The first kappa shape index (κ1) is 25.7. The molecule has 35 heavy (non-hydrogen) atoms. The van der Waals surface area contributed by atoms with Crippen LogP contribution in [0.15, 0.2) is 59.5 Å². The number of carbonyl (C=O) groups excluding carboxylic acids is 1. The van der Waals surface area contributed by atoms with Crippen molar-refractivity contribution in [3.63, 3.8) is 0 Å². The van der Waals surface area contributed by atoms with Crippen molar-refractivity contribution < 1.29 is 26.0 Å². The Morgan fingerprint density at radius 1 is 0.914 bits per heavy atom. The van der Waals surface area contributed by atoms with Crippen LogP contribution in [0.25, 0.3) is 0 Å². The number of nitrogens with two attached hydrogens (primary N) is 1. The van der Waals surface area contributed by atoms with Gasteiger partial charge in [-0.2, -0.15) is 8.61 Å². The quantitative estimate of drug-likeness (QED) is 0.563. The first-order valence-electron chi connectivity index (χ1n) is 11.4. The molecule has 1 atom stereocenters. The van der Waals surface area contributed by atoms with Crippen molar-refractivity contribution >= 4 is 26.0 Å². The molecule has 1 saturated carbocycles. The van der Waals surface area contributed by atoms with Crippen molar-refractivity contribution in [2.75, 3.05) is 13.1 Å². The summed E-state index contributed by atoms with van der Waals surface area (Å²) >= 11 is 0. The summed E-state index contributed by atoms with van der Waals surface area (Å²) < 4.78 is 68.8. The summed E-state index contributed by atoms with van der Waals surface area (Å²) in [5.41, 5.74) is 6.46. The third-order valence-electron chi connectivity index (χ3n) is 6.41. The van der Waals surface area contributed by atoms with Gasteiger partial charge in [-0.15, -0.1) is 0 Å². The Morgan fingerprint density at radius 2 is 1.51 bits per heavy atom. The number of nitrogens with zero attached hydrogens (tertiary/aromatic N) is 2. The highest BCUT2D eigenvalue weighted by Gasteiger charge is 2.49. The van der Waals surface area contributed by atoms with Gasteiger partial charge in [-0.05, 0) is 55.5 Å². The van der Waals surface area contributed by atoms with Crippen molar-refractivity contribution in [1.82, 2.24) is 13.9 Å². The van der Waals surface area contributed by atoms with Crippen LogP contribution in [0, 0.1) is 5.82 Å². The molecule has 1 amide bonds. The Balaban J connectivity index is 1.65. The monoisotopic (exact) mass is 524 g/mol. The van der Waals surface area contributed by atoms with E-state index < -0.39 is 37.9 Å². The normalized spacial score (nSPS) is 24.3. The fraction of sp³-hybridized carbons (Fsp3) is 0.435. The molecule has 1 aliphatic carbocycles. The highest BCUT2D eigenvalue weighted by Crippen LogP contribution is 2.29. The van der Waals surface area contributed by atoms with Crippen LogP contribution in [0.1, 0.15) is 31.2 Å². The second kappa shape index (κ2) is 10.3. The fourth-order valence-corrected chi connectivity index (χ4v) is 7.80. The van der Waals surface area contributed by atoms with E-state index in [1.807, 2.05) is 0 Å². The number of hydrogen-bond acceptors (Lipinski definition) is 6. The Morgan fingerprint density at radius 3 is 2.14 bits per heavy atom. The van der Waals surface area contributed by atoms with Gasteiger partial charge >= 0.3 is 0 Å². The molecule has 1 saturated heterocycles. The first-order valence-corrected chi connectivity index (χ1v) is 14.5. The Kier molecular flexibility index (Phi) is 7.57. The molecule has 1 aliphatic heterocycles. The van der Waals surface area contributed by atoms with E-state index in [1.165, 1.54) is 0 Å². The minimum atomic E-state index is -4.29. The molecule has 4 rings (SSSR count). The largest absolute Gasteiger partial charge is 0.351 e. The lowest BCUT2D eigenvalue weighted by atomic mass is 9.92. The maximum absolute atomic E-state index is 13.4. The third kappa shape index (κ3) is 5.72. The number of hydrogen-bond donors (Lipinski definition) is 2.